The van der Waals surface area contributed by atoms with E-state index in [2.05, 4.69) is 5.32 Å². The third-order valence-corrected chi connectivity index (χ3v) is 3.95. The molecule has 0 bridgehead atoms. The lowest BCUT2D eigenvalue weighted by Gasteiger charge is -2.14. The zero-order chi connectivity index (χ0) is 20.0. The quantitative estimate of drug-likeness (QED) is 0.575. The zero-order valence-corrected chi connectivity index (χ0v) is 15.8. The second-order valence-electron chi connectivity index (χ2n) is 5.47. The number of halogens is 1. The summed E-state index contributed by atoms with van der Waals surface area (Å²) in [5.41, 5.74) is 1.26. The van der Waals surface area contributed by atoms with Gasteiger partial charge in [0.05, 0.1) is 14.2 Å². The molecule has 0 aromatic heterocycles. The van der Waals surface area contributed by atoms with Crippen molar-refractivity contribution >= 4 is 35.5 Å². The summed E-state index contributed by atoms with van der Waals surface area (Å²) in [6.07, 6.45) is 0.494. The Hall–Kier alpha value is -3.06. The molecule has 0 radical (unpaired) electrons. The number of ether oxygens (including phenoxy) is 3. The minimum Gasteiger partial charge on any atom is -0.493 e. The van der Waals surface area contributed by atoms with E-state index in [4.69, 9.17) is 25.8 Å². The average Bonchev–Trinajstić information content (AvgIpc) is 2.67. The zero-order valence-electron chi connectivity index (χ0n) is 15.0. The van der Waals surface area contributed by atoms with Crippen molar-refractivity contribution in [2.75, 3.05) is 26.1 Å². The van der Waals surface area contributed by atoms with Crippen molar-refractivity contribution in [3.05, 3.63) is 52.0 Å². The van der Waals surface area contributed by atoms with Gasteiger partial charge in [0.2, 0.25) is 0 Å². The molecule has 27 heavy (non-hydrogen) atoms. The monoisotopic (exact) mass is 391 g/mol. The van der Waals surface area contributed by atoms with E-state index in [0.29, 0.717) is 17.0 Å². The molecular weight excluding hydrogens is 374 g/mol. The van der Waals surface area contributed by atoms with E-state index in [-0.39, 0.29) is 22.6 Å². The summed E-state index contributed by atoms with van der Waals surface area (Å²) >= 11 is 5.91. The van der Waals surface area contributed by atoms with Crippen molar-refractivity contribution < 1.29 is 28.6 Å². The summed E-state index contributed by atoms with van der Waals surface area (Å²) in [7, 11) is 2.73. The van der Waals surface area contributed by atoms with E-state index < -0.39 is 18.5 Å². The van der Waals surface area contributed by atoms with Crippen molar-refractivity contribution in [3.8, 4) is 11.5 Å². The highest BCUT2D eigenvalue weighted by Gasteiger charge is 2.23. The Kier molecular flexibility index (Phi) is 6.79. The first-order chi connectivity index (χ1) is 12.9. The van der Waals surface area contributed by atoms with Crippen molar-refractivity contribution in [2.45, 2.75) is 6.92 Å². The highest BCUT2D eigenvalue weighted by molar-refractivity contribution is 6.31. The van der Waals surface area contributed by atoms with Crippen LogP contribution in [0.2, 0.25) is 5.02 Å². The van der Waals surface area contributed by atoms with Crippen LogP contribution in [0.15, 0.2) is 30.3 Å². The lowest BCUT2D eigenvalue weighted by atomic mass is 10.1. The van der Waals surface area contributed by atoms with Crippen molar-refractivity contribution in [2.24, 2.45) is 0 Å². The number of amides is 1. The first-order valence-corrected chi connectivity index (χ1v) is 8.22. The number of nitrogens with one attached hydrogen (secondary N) is 1. The van der Waals surface area contributed by atoms with Crippen molar-refractivity contribution in [1.29, 1.82) is 0 Å². The summed E-state index contributed by atoms with van der Waals surface area (Å²) in [5, 5.41) is 3.07. The molecule has 0 aliphatic carbocycles. The molecule has 0 atom stereocenters. The lowest BCUT2D eigenvalue weighted by Crippen LogP contribution is -2.22. The predicted molar refractivity (Wildman–Crippen MR) is 100 cm³/mol. The number of esters is 1. The lowest BCUT2D eigenvalue weighted by molar-refractivity contribution is -0.119. The molecule has 2 aromatic rings. The number of rotatable bonds is 7. The number of benzene rings is 2. The van der Waals surface area contributed by atoms with Gasteiger partial charge in [-0.2, -0.15) is 0 Å². The third kappa shape index (κ3) is 4.77. The van der Waals surface area contributed by atoms with Crippen LogP contribution < -0.4 is 14.8 Å². The number of hydrogen-bond donors (Lipinski definition) is 1. The fourth-order valence-corrected chi connectivity index (χ4v) is 2.54. The molecule has 142 valence electrons. The fraction of sp³-hybridized carbons (Fsp3) is 0.211. The van der Waals surface area contributed by atoms with E-state index in [1.165, 1.54) is 26.4 Å². The Balaban J connectivity index is 2.14. The largest absolute Gasteiger partial charge is 0.493 e. The van der Waals surface area contributed by atoms with Gasteiger partial charge < -0.3 is 19.5 Å². The number of hydrogen-bond acceptors (Lipinski definition) is 6. The number of carbonyl (C=O) groups excluding carboxylic acids is 3. The fourth-order valence-electron chi connectivity index (χ4n) is 2.37. The number of anilines is 1. The molecule has 0 heterocycles. The molecule has 0 unspecified atom stereocenters. The van der Waals surface area contributed by atoms with E-state index in [0.717, 1.165) is 5.56 Å². The number of carbonyl (C=O) groups is 3. The molecule has 0 saturated carbocycles. The summed E-state index contributed by atoms with van der Waals surface area (Å²) in [6.45, 7) is 1.25. The minimum absolute atomic E-state index is 0.0539. The molecule has 0 aliphatic rings. The van der Waals surface area contributed by atoms with Crippen LogP contribution in [0.25, 0.3) is 0 Å². The SMILES string of the molecule is COc1ccc(C=O)c(C(=O)OCC(=O)Nc2cc(Cl)ccc2C)c1OC. The summed E-state index contributed by atoms with van der Waals surface area (Å²) in [4.78, 5) is 35.8. The molecule has 0 aliphatic heterocycles. The topological polar surface area (TPSA) is 90.9 Å². The Morgan fingerprint density at radius 2 is 1.89 bits per heavy atom. The Morgan fingerprint density at radius 1 is 1.15 bits per heavy atom. The van der Waals surface area contributed by atoms with Gasteiger partial charge in [-0.15, -0.1) is 0 Å². The van der Waals surface area contributed by atoms with Crippen LogP contribution in [-0.2, 0) is 9.53 Å². The Bertz CT molecular complexity index is 881. The predicted octanol–water partition coefficient (Wildman–Crippen LogP) is 3.27. The van der Waals surface area contributed by atoms with Gasteiger partial charge in [0.15, 0.2) is 24.4 Å². The maximum absolute atomic E-state index is 12.4. The summed E-state index contributed by atoms with van der Waals surface area (Å²) in [6, 6.07) is 7.94. The van der Waals surface area contributed by atoms with E-state index >= 15 is 0 Å². The van der Waals surface area contributed by atoms with E-state index in [1.807, 2.05) is 0 Å². The van der Waals surface area contributed by atoms with Crippen LogP contribution in [0.5, 0.6) is 11.5 Å². The van der Waals surface area contributed by atoms with Gasteiger partial charge in [-0.3, -0.25) is 9.59 Å². The molecule has 1 N–H and O–H groups in total. The smallest absolute Gasteiger partial charge is 0.343 e. The first-order valence-electron chi connectivity index (χ1n) is 7.84. The van der Waals surface area contributed by atoms with E-state index in [9.17, 15) is 14.4 Å². The van der Waals surface area contributed by atoms with E-state index in [1.54, 1.807) is 25.1 Å². The standard InChI is InChI=1S/C19H18ClNO6/c1-11-4-6-13(20)8-14(11)21-16(23)10-27-19(24)17-12(9-22)5-7-15(25-2)18(17)26-3/h4-9H,10H2,1-3H3,(H,21,23). The van der Waals surface area contributed by atoms with Gasteiger partial charge in [0.25, 0.3) is 5.91 Å². The van der Waals surface area contributed by atoms with Crippen molar-refractivity contribution in [1.82, 2.24) is 0 Å². The number of aryl methyl sites for hydroxylation is 1. The molecule has 0 fully saturated rings. The number of aldehydes is 1. The normalized spacial score (nSPS) is 10.1. The van der Waals surface area contributed by atoms with Gasteiger partial charge in [-0.05, 0) is 36.8 Å². The first kappa shape index (κ1) is 20.3. The Morgan fingerprint density at radius 3 is 2.52 bits per heavy atom. The molecule has 7 nitrogen and oxygen atoms in total. The van der Waals surface area contributed by atoms with Crippen molar-refractivity contribution in [3.63, 3.8) is 0 Å². The summed E-state index contributed by atoms with van der Waals surface area (Å²) < 4.78 is 15.3. The average molecular weight is 392 g/mol. The maximum atomic E-state index is 12.4. The van der Waals surface area contributed by atoms with Crippen LogP contribution in [0, 0.1) is 6.92 Å². The molecule has 8 heteroatoms. The molecular formula is C19H18ClNO6. The molecule has 0 spiro atoms. The molecule has 1 amide bonds. The van der Waals surface area contributed by atoms with Gasteiger partial charge in [0.1, 0.15) is 5.56 Å². The van der Waals surface area contributed by atoms with Gasteiger partial charge in [0, 0.05) is 16.3 Å². The maximum Gasteiger partial charge on any atom is 0.343 e. The third-order valence-electron chi connectivity index (χ3n) is 3.72. The Labute approximate surface area is 161 Å². The van der Waals surface area contributed by atoms with Gasteiger partial charge in [-0.25, -0.2) is 4.79 Å². The van der Waals surface area contributed by atoms with Crippen LogP contribution in [0.3, 0.4) is 0 Å². The molecule has 2 rings (SSSR count). The second kappa shape index (κ2) is 9.05. The van der Waals surface area contributed by atoms with Crippen LogP contribution >= 0.6 is 11.6 Å². The van der Waals surface area contributed by atoms with Crippen LogP contribution in [-0.4, -0.2) is 39.0 Å². The highest BCUT2D eigenvalue weighted by Crippen LogP contribution is 2.33. The second-order valence-corrected chi connectivity index (χ2v) is 5.90. The van der Waals surface area contributed by atoms with Crippen LogP contribution in [0.1, 0.15) is 26.3 Å². The molecule has 0 saturated heterocycles. The van der Waals surface area contributed by atoms with Gasteiger partial charge >= 0.3 is 5.97 Å². The highest BCUT2D eigenvalue weighted by atomic mass is 35.5. The molecule has 2 aromatic carbocycles. The van der Waals surface area contributed by atoms with Gasteiger partial charge in [-0.1, -0.05) is 17.7 Å². The summed E-state index contributed by atoms with van der Waals surface area (Å²) in [5.74, 6) is -1.12. The minimum atomic E-state index is -0.884. The number of methoxy groups -OCH3 is 2. The van der Waals surface area contributed by atoms with Crippen LogP contribution in [0.4, 0.5) is 5.69 Å².